The molecule has 4 N–H and O–H groups in total. The standard InChI is InChI=1S/C30H36N2O9.C28H40N2O7/c31-23-41-28-15-13-27(14-16-28)38-18-6-2-4-8-30(35)40-22-20-36-19-21-39-29(34)7-3-1-5-17-37-26-11-9-25(10-12-26)32-24-33;29-23-9-13-25(14-10-23)34-17-5-1-3-7-27(31)36-21-19-33-20-22-37-28(32)8-4-2-6-18-35-26-15-11-24(30)12-16-26/h9-16H,1-8,17-22H2;9-16H,1-8,17-22,29-30H2. The summed E-state index contributed by atoms with van der Waals surface area (Å²) in [5.41, 5.74) is 13.2. The Morgan fingerprint density at radius 2 is 0.654 bits per heavy atom. The zero-order chi connectivity index (χ0) is 55.9. The number of carbonyl (C=O) groups is 4. The summed E-state index contributed by atoms with van der Waals surface area (Å²) in [5, 5.41) is 8.47. The van der Waals surface area contributed by atoms with E-state index in [-0.39, 0.29) is 76.7 Å². The van der Waals surface area contributed by atoms with Crippen LogP contribution in [0.25, 0.3) is 0 Å². The van der Waals surface area contributed by atoms with E-state index in [0.29, 0.717) is 99.3 Å². The Morgan fingerprint density at radius 3 is 0.949 bits per heavy atom. The van der Waals surface area contributed by atoms with Crippen LogP contribution in [0.1, 0.15) is 103 Å². The van der Waals surface area contributed by atoms with Gasteiger partial charge in [-0.1, -0.05) is 0 Å². The number of hydrogen-bond acceptors (Lipinski definition) is 20. The number of rotatable bonds is 42. The summed E-state index contributed by atoms with van der Waals surface area (Å²) < 4.78 is 58.4. The first-order chi connectivity index (χ1) is 38.1. The van der Waals surface area contributed by atoms with Crippen LogP contribution in [-0.2, 0) is 52.4 Å². The molecule has 0 aliphatic heterocycles. The lowest BCUT2D eigenvalue weighted by Gasteiger charge is -2.08. The Kier molecular flexibility index (Phi) is 35.7. The molecule has 0 heterocycles. The number of benzene rings is 4. The first kappa shape index (κ1) is 64.4. The van der Waals surface area contributed by atoms with Gasteiger partial charge in [0.2, 0.25) is 6.08 Å². The number of ether oxygens (including phenoxy) is 11. The second kappa shape index (κ2) is 43.3. The average molecular weight is 1090 g/mol. The number of hydrogen-bond donors (Lipinski definition) is 2. The van der Waals surface area contributed by atoms with Gasteiger partial charge >= 0.3 is 23.9 Å². The van der Waals surface area contributed by atoms with Gasteiger partial charge in [-0.15, -0.1) is 5.26 Å². The van der Waals surface area contributed by atoms with Gasteiger partial charge < -0.3 is 63.6 Å². The molecule has 0 saturated carbocycles. The minimum absolute atomic E-state index is 0.153. The molecule has 0 spiro atoms. The lowest BCUT2D eigenvalue weighted by Crippen LogP contribution is -2.14. The maximum Gasteiger partial charge on any atom is 0.305 e. The minimum Gasteiger partial charge on any atom is -0.494 e. The second-order valence-electron chi connectivity index (χ2n) is 17.2. The molecular formula is C58H76N4O16. The molecule has 0 aliphatic carbocycles. The highest BCUT2D eigenvalue weighted by molar-refractivity contribution is 5.70. The van der Waals surface area contributed by atoms with Crippen molar-refractivity contribution < 1.29 is 76.1 Å². The maximum atomic E-state index is 11.8. The van der Waals surface area contributed by atoms with Crippen LogP contribution in [0, 0.1) is 11.5 Å². The van der Waals surface area contributed by atoms with Gasteiger partial charge in [0.05, 0.1) is 58.5 Å². The van der Waals surface area contributed by atoms with Crippen molar-refractivity contribution in [2.75, 3.05) is 90.7 Å². The Balaban J connectivity index is 0.000000412. The predicted octanol–water partition coefficient (Wildman–Crippen LogP) is 9.73. The smallest absolute Gasteiger partial charge is 0.305 e. The Hall–Kier alpha value is -7.85. The van der Waals surface area contributed by atoms with E-state index in [0.717, 1.165) is 75.7 Å². The molecule has 0 amide bonds. The second-order valence-corrected chi connectivity index (χ2v) is 17.2. The Bertz CT molecular complexity index is 2250. The van der Waals surface area contributed by atoms with E-state index in [1.165, 1.54) is 6.08 Å². The lowest BCUT2D eigenvalue weighted by molar-refractivity contribution is -0.148. The largest absolute Gasteiger partial charge is 0.494 e. The van der Waals surface area contributed by atoms with Crippen LogP contribution in [-0.4, -0.2) is 109 Å². The highest BCUT2D eigenvalue weighted by Crippen LogP contribution is 2.20. The fourth-order valence-corrected chi connectivity index (χ4v) is 6.76. The molecular weight excluding hydrogens is 1010 g/mol. The molecule has 78 heavy (non-hydrogen) atoms. The van der Waals surface area contributed by atoms with Gasteiger partial charge in [0.15, 0.2) is 0 Å². The van der Waals surface area contributed by atoms with Gasteiger partial charge in [0.1, 0.15) is 55.2 Å². The van der Waals surface area contributed by atoms with Gasteiger partial charge in [-0.05, 0) is 174 Å². The van der Waals surface area contributed by atoms with Crippen LogP contribution in [0.4, 0.5) is 17.1 Å². The lowest BCUT2D eigenvalue weighted by atomic mass is 10.2. The molecule has 0 aliphatic rings. The first-order valence-corrected chi connectivity index (χ1v) is 26.5. The van der Waals surface area contributed by atoms with E-state index < -0.39 is 0 Å². The summed E-state index contributed by atoms with van der Waals surface area (Å²) in [6.45, 7) is 3.94. The van der Waals surface area contributed by atoms with Crippen molar-refractivity contribution in [1.29, 1.82) is 5.26 Å². The molecule has 4 rings (SSSR count). The third-order valence-corrected chi connectivity index (χ3v) is 10.9. The number of anilines is 2. The first-order valence-electron chi connectivity index (χ1n) is 26.5. The number of esters is 4. The zero-order valence-corrected chi connectivity index (χ0v) is 44.6. The van der Waals surface area contributed by atoms with Crippen molar-refractivity contribution in [3.63, 3.8) is 0 Å². The molecule has 0 saturated heterocycles. The van der Waals surface area contributed by atoms with Crippen LogP contribution in [0.2, 0.25) is 0 Å². The van der Waals surface area contributed by atoms with Gasteiger partial charge in [0.25, 0.3) is 6.26 Å². The molecule has 424 valence electrons. The molecule has 0 radical (unpaired) electrons. The number of carbonyl (C=O) groups excluding carboxylic acids is 5. The number of isocyanates is 1. The van der Waals surface area contributed by atoms with Crippen LogP contribution in [0.15, 0.2) is 102 Å². The molecule has 0 atom stereocenters. The summed E-state index contributed by atoms with van der Waals surface area (Å²) in [4.78, 5) is 60.8. The number of nitriles is 1. The predicted molar refractivity (Wildman–Crippen MR) is 290 cm³/mol. The topological polar surface area (TPSA) is 275 Å². The fraction of sp³-hybridized carbons (Fsp3) is 0.483. The molecule has 4 aromatic carbocycles. The Morgan fingerprint density at radius 1 is 0.372 bits per heavy atom. The molecule has 20 heteroatoms. The summed E-state index contributed by atoms with van der Waals surface area (Å²) in [7, 11) is 0. The molecule has 0 bridgehead atoms. The third-order valence-electron chi connectivity index (χ3n) is 10.9. The van der Waals surface area contributed by atoms with Crippen molar-refractivity contribution >= 4 is 47.0 Å². The van der Waals surface area contributed by atoms with Gasteiger partial charge in [-0.2, -0.15) is 4.99 Å². The van der Waals surface area contributed by atoms with Gasteiger partial charge in [-0.3, -0.25) is 19.2 Å². The van der Waals surface area contributed by atoms with Crippen LogP contribution in [0.3, 0.4) is 0 Å². The molecule has 20 nitrogen and oxygen atoms in total. The molecule has 0 aromatic heterocycles. The number of nitrogens with zero attached hydrogens (tertiary/aromatic N) is 2. The Labute approximate surface area is 457 Å². The molecule has 0 fully saturated rings. The van der Waals surface area contributed by atoms with Crippen molar-refractivity contribution in [1.82, 2.24) is 0 Å². The maximum absolute atomic E-state index is 11.8. The highest BCUT2D eigenvalue weighted by Gasteiger charge is 2.08. The van der Waals surface area contributed by atoms with E-state index in [1.807, 2.05) is 24.3 Å². The molecule has 4 aromatic rings. The zero-order valence-electron chi connectivity index (χ0n) is 44.6. The van der Waals surface area contributed by atoms with E-state index >= 15 is 0 Å². The molecule has 0 unspecified atom stereocenters. The number of aliphatic imine (C=N–C) groups is 1. The van der Waals surface area contributed by atoms with Crippen molar-refractivity contribution in [2.24, 2.45) is 4.99 Å². The summed E-state index contributed by atoms with van der Waals surface area (Å²) in [6, 6.07) is 28.1. The quantitative estimate of drug-likeness (QED) is 0.00794. The fourth-order valence-electron chi connectivity index (χ4n) is 6.76. The SMILES string of the molecule is N#COc1ccc(OCCCCCC(=O)OCCOCCOC(=O)CCCCCOc2ccc(N=C=O)cc2)cc1.Nc1ccc(OCCCCCC(=O)OCCOCCOC(=O)CCCCCOc2ccc(N)cc2)cc1. The normalized spacial score (nSPS) is 10.3. The summed E-state index contributed by atoms with van der Waals surface area (Å²) in [5.74, 6) is 2.38. The summed E-state index contributed by atoms with van der Waals surface area (Å²) in [6.07, 6.45) is 14.1. The van der Waals surface area contributed by atoms with E-state index in [4.69, 9.17) is 68.8 Å². The van der Waals surface area contributed by atoms with Crippen LogP contribution < -0.4 is 35.2 Å². The third kappa shape index (κ3) is 34.7. The van der Waals surface area contributed by atoms with Gasteiger partial charge in [0, 0.05) is 37.1 Å². The average Bonchev–Trinajstić information content (AvgIpc) is 3.44. The van der Waals surface area contributed by atoms with E-state index in [9.17, 15) is 24.0 Å². The van der Waals surface area contributed by atoms with E-state index in [2.05, 4.69) is 4.99 Å². The minimum atomic E-state index is -0.277. The van der Waals surface area contributed by atoms with Crippen LogP contribution >= 0.6 is 0 Å². The number of nitrogens with two attached hydrogens (primary N) is 2. The monoisotopic (exact) mass is 1080 g/mol. The van der Waals surface area contributed by atoms with Crippen molar-refractivity contribution in [2.45, 2.75) is 103 Å². The summed E-state index contributed by atoms with van der Waals surface area (Å²) >= 11 is 0. The number of nitrogen functional groups attached to an aromatic ring is 2. The van der Waals surface area contributed by atoms with Crippen molar-refractivity contribution in [3.8, 4) is 35.0 Å². The van der Waals surface area contributed by atoms with E-state index in [1.54, 1.807) is 79.1 Å². The van der Waals surface area contributed by atoms with Gasteiger partial charge in [-0.25, -0.2) is 4.79 Å². The number of unbranched alkanes of at least 4 members (excludes halogenated alkanes) is 8. The van der Waals surface area contributed by atoms with Crippen LogP contribution in [0.5, 0.6) is 28.7 Å². The van der Waals surface area contributed by atoms with Crippen molar-refractivity contribution in [3.05, 3.63) is 97.1 Å². The highest BCUT2D eigenvalue weighted by atomic mass is 16.6.